The Labute approximate surface area is 179 Å². The fraction of sp³-hybridized carbons (Fsp3) is 0.741. The highest BCUT2D eigenvalue weighted by Gasteiger charge is 2.56. The summed E-state index contributed by atoms with van der Waals surface area (Å²) in [6.07, 6.45) is 13.3. The van der Waals surface area contributed by atoms with Crippen molar-refractivity contribution in [2.75, 3.05) is 0 Å². The fourth-order valence-corrected chi connectivity index (χ4v) is 6.29. The van der Waals surface area contributed by atoms with Crippen molar-refractivity contribution in [2.45, 2.75) is 106 Å². The zero-order chi connectivity index (χ0) is 21.8. The molecule has 0 aromatic heterocycles. The van der Waals surface area contributed by atoms with E-state index in [0.717, 1.165) is 43.8 Å². The van der Waals surface area contributed by atoms with Crippen LogP contribution in [0, 0.1) is 22.7 Å². The number of hydrogen-bond donors (Lipinski definition) is 0. The lowest BCUT2D eigenvalue weighted by molar-refractivity contribution is -0.115. The predicted molar refractivity (Wildman–Crippen MR) is 124 cm³/mol. The molecule has 5 atom stereocenters. The number of ether oxygens (including phenoxy) is 1. The Morgan fingerprint density at radius 1 is 1.14 bits per heavy atom. The van der Waals surface area contributed by atoms with Gasteiger partial charge < -0.3 is 4.74 Å². The minimum absolute atomic E-state index is 0.143. The molecule has 0 heterocycles. The summed E-state index contributed by atoms with van der Waals surface area (Å²) in [7, 11) is 0. The molecule has 4 unspecified atom stereocenters. The van der Waals surface area contributed by atoms with Gasteiger partial charge in [0.1, 0.15) is 6.10 Å². The summed E-state index contributed by atoms with van der Waals surface area (Å²) in [5.41, 5.74) is 3.44. The third kappa shape index (κ3) is 4.14. The van der Waals surface area contributed by atoms with E-state index in [2.05, 4.69) is 33.4 Å². The Balaban J connectivity index is 0.000000707. The van der Waals surface area contributed by atoms with Gasteiger partial charge in [0.05, 0.1) is 5.76 Å². The molecule has 4 aliphatic carbocycles. The second-order valence-corrected chi connectivity index (χ2v) is 9.17. The molecule has 2 heteroatoms. The molecular formula is C27H44O2. The van der Waals surface area contributed by atoms with E-state index in [9.17, 15) is 4.79 Å². The highest BCUT2D eigenvalue weighted by molar-refractivity contribution is 5.92. The molecule has 0 aromatic rings. The molecular weight excluding hydrogens is 356 g/mol. The summed E-state index contributed by atoms with van der Waals surface area (Å²) >= 11 is 0. The molecule has 0 aromatic carbocycles. The topological polar surface area (TPSA) is 26.3 Å². The average Bonchev–Trinajstić information content (AvgIpc) is 3.07. The van der Waals surface area contributed by atoms with E-state index in [1.807, 2.05) is 33.8 Å². The maximum atomic E-state index is 11.9. The third-order valence-electron chi connectivity index (χ3n) is 7.95. The normalized spacial score (nSPS) is 37.2. The van der Waals surface area contributed by atoms with Gasteiger partial charge in [-0.2, -0.15) is 0 Å². The molecule has 2 nitrogen and oxygen atoms in total. The summed E-state index contributed by atoms with van der Waals surface area (Å²) in [6.45, 7) is 19.0. The standard InChI is InChI=1S/C23H32O2.2C2H6/c1-5-15(2)25-21-9-8-19-18-7-6-16-14-17(24)10-12-22(16,3)20(18)11-13-23(19,21)4;2*1-2/h11,14,18-19,21H,2,5-10,12-13H2,1,3-4H3;2*1-2H3/t18?,19?,21-,22?,23?;;/m0../s1. The third-order valence-corrected chi connectivity index (χ3v) is 7.95. The summed E-state index contributed by atoms with van der Waals surface area (Å²) in [6, 6.07) is 0. The molecule has 0 N–H and O–H groups in total. The number of carbonyl (C=O) groups is 1. The van der Waals surface area contributed by atoms with Crippen molar-refractivity contribution in [2.24, 2.45) is 22.7 Å². The first-order valence-electron chi connectivity index (χ1n) is 12.2. The van der Waals surface area contributed by atoms with Crippen molar-refractivity contribution in [1.82, 2.24) is 0 Å². The lowest BCUT2D eigenvalue weighted by atomic mass is 9.52. The van der Waals surface area contributed by atoms with Crippen LogP contribution in [-0.4, -0.2) is 11.9 Å². The number of rotatable bonds is 3. The van der Waals surface area contributed by atoms with Crippen LogP contribution in [0.2, 0.25) is 0 Å². The van der Waals surface area contributed by atoms with Crippen LogP contribution in [0.4, 0.5) is 0 Å². The van der Waals surface area contributed by atoms with Crippen LogP contribution in [0.3, 0.4) is 0 Å². The van der Waals surface area contributed by atoms with E-state index < -0.39 is 0 Å². The van der Waals surface area contributed by atoms with Gasteiger partial charge in [-0.3, -0.25) is 4.79 Å². The van der Waals surface area contributed by atoms with Gasteiger partial charge in [-0.05, 0) is 56.4 Å². The smallest absolute Gasteiger partial charge is 0.155 e. The van der Waals surface area contributed by atoms with Crippen molar-refractivity contribution < 1.29 is 9.53 Å². The minimum Gasteiger partial charge on any atom is -0.495 e. The molecule has 2 saturated carbocycles. The zero-order valence-corrected chi connectivity index (χ0v) is 20.1. The Morgan fingerprint density at radius 2 is 1.83 bits per heavy atom. The lowest BCUT2D eigenvalue weighted by Gasteiger charge is -2.53. The van der Waals surface area contributed by atoms with Crippen LogP contribution in [-0.2, 0) is 9.53 Å². The highest BCUT2D eigenvalue weighted by Crippen LogP contribution is 2.63. The molecule has 164 valence electrons. The lowest BCUT2D eigenvalue weighted by Crippen LogP contribution is -2.46. The average molecular weight is 401 g/mol. The number of allylic oxidation sites excluding steroid dienone is 5. The van der Waals surface area contributed by atoms with Crippen LogP contribution in [0.1, 0.15) is 99.8 Å². The van der Waals surface area contributed by atoms with Gasteiger partial charge in [0, 0.05) is 23.7 Å². The molecule has 0 radical (unpaired) electrons. The van der Waals surface area contributed by atoms with Gasteiger partial charge in [-0.25, -0.2) is 0 Å². The fourth-order valence-electron chi connectivity index (χ4n) is 6.29. The summed E-state index contributed by atoms with van der Waals surface area (Å²) in [5.74, 6) is 2.67. The summed E-state index contributed by atoms with van der Waals surface area (Å²) in [4.78, 5) is 11.9. The second kappa shape index (κ2) is 9.67. The van der Waals surface area contributed by atoms with E-state index in [-0.39, 0.29) is 10.8 Å². The molecule has 0 bridgehead atoms. The number of hydrogen-bond acceptors (Lipinski definition) is 2. The molecule has 4 aliphatic rings. The van der Waals surface area contributed by atoms with Gasteiger partial charge in [0.2, 0.25) is 0 Å². The Bertz CT molecular complexity index is 670. The minimum atomic E-state index is 0.143. The van der Waals surface area contributed by atoms with Crippen LogP contribution in [0.5, 0.6) is 0 Å². The van der Waals surface area contributed by atoms with Crippen LogP contribution in [0.25, 0.3) is 0 Å². The molecule has 29 heavy (non-hydrogen) atoms. The van der Waals surface area contributed by atoms with E-state index >= 15 is 0 Å². The molecule has 0 aliphatic heterocycles. The molecule has 0 saturated heterocycles. The van der Waals surface area contributed by atoms with Gasteiger partial charge in [-0.1, -0.05) is 72.3 Å². The Morgan fingerprint density at radius 3 is 2.48 bits per heavy atom. The van der Waals surface area contributed by atoms with E-state index in [4.69, 9.17) is 4.74 Å². The summed E-state index contributed by atoms with van der Waals surface area (Å²) in [5, 5.41) is 0. The van der Waals surface area contributed by atoms with Crippen molar-refractivity contribution in [3.05, 3.63) is 35.6 Å². The Kier molecular flexibility index (Phi) is 7.99. The van der Waals surface area contributed by atoms with Crippen LogP contribution < -0.4 is 0 Å². The van der Waals surface area contributed by atoms with Crippen molar-refractivity contribution >= 4 is 5.78 Å². The second-order valence-electron chi connectivity index (χ2n) is 9.17. The maximum Gasteiger partial charge on any atom is 0.155 e. The SMILES string of the molecule is C=C(CC)O[C@H]1CCC2C3CCC4=CC(=O)CCC4(C)C3=CCC21C.CC.CC. The van der Waals surface area contributed by atoms with E-state index in [1.165, 1.54) is 18.4 Å². The molecule has 2 fully saturated rings. The quantitative estimate of drug-likeness (QED) is 0.357. The predicted octanol–water partition coefficient (Wildman–Crippen LogP) is 7.80. The van der Waals surface area contributed by atoms with Crippen LogP contribution >= 0.6 is 0 Å². The van der Waals surface area contributed by atoms with Gasteiger partial charge >= 0.3 is 0 Å². The highest BCUT2D eigenvalue weighted by atomic mass is 16.5. The molecule has 0 spiro atoms. The molecule has 0 amide bonds. The number of fused-ring (bicyclic) bond motifs is 5. The first-order valence-corrected chi connectivity index (χ1v) is 12.2. The number of carbonyl (C=O) groups excluding carboxylic acids is 1. The van der Waals surface area contributed by atoms with E-state index in [0.29, 0.717) is 24.2 Å². The first kappa shape index (κ1) is 24.0. The monoisotopic (exact) mass is 400 g/mol. The zero-order valence-electron chi connectivity index (χ0n) is 20.1. The van der Waals surface area contributed by atoms with Gasteiger partial charge in [0.25, 0.3) is 0 Å². The Hall–Kier alpha value is -1.31. The van der Waals surface area contributed by atoms with Crippen molar-refractivity contribution in [1.29, 1.82) is 0 Å². The first-order chi connectivity index (χ1) is 13.9. The number of ketones is 1. The maximum absolute atomic E-state index is 11.9. The van der Waals surface area contributed by atoms with Crippen molar-refractivity contribution in [3.8, 4) is 0 Å². The summed E-state index contributed by atoms with van der Waals surface area (Å²) < 4.78 is 6.28. The largest absolute Gasteiger partial charge is 0.495 e. The van der Waals surface area contributed by atoms with Gasteiger partial charge in [0.15, 0.2) is 5.78 Å². The van der Waals surface area contributed by atoms with Crippen LogP contribution in [0.15, 0.2) is 35.6 Å². The van der Waals surface area contributed by atoms with E-state index in [1.54, 1.807) is 5.57 Å². The molecule has 4 rings (SSSR count). The van der Waals surface area contributed by atoms with Gasteiger partial charge in [-0.15, -0.1) is 0 Å². The van der Waals surface area contributed by atoms with Crippen molar-refractivity contribution in [3.63, 3.8) is 0 Å².